The first-order chi connectivity index (χ1) is 16.9. The average Bonchev–Trinajstić information content (AvgIpc) is 3.41. The van der Waals surface area contributed by atoms with Gasteiger partial charge in [0.05, 0.1) is 25.1 Å². The molecule has 1 aliphatic carbocycles. The van der Waals surface area contributed by atoms with Crippen molar-refractivity contribution in [3.63, 3.8) is 0 Å². The van der Waals surface area contributed by atoms with Gasteiger partial charge in [-0.25, -0.2) is 0 Å². The second kappa shape index (κ2) is 11.1. The molecule has 0 aliphatic heterocycles. The summed E-state index contributed by atoms with van der Waals surface area (Å²) in [5.41, 5.74) is 3.52. The molecule has 35 heavy (non-hydrogen) atoms. The maximum Gasteiger partial charge on any atom is 0.191 e. The molecule has 2 N–H and O–H groups in total. The Morgan fingerprint density at radius 2 is 1.97 bits per heavy atom. The minimum Gasteiger partial charge on any atom is -0.497 e. The minimum atomic E-state index is -0.0441. The van der Waals surface area contributed by atoms with Gasteiger partial charge in [0.15, 0.2) is 22.5 Å². The zero-order chi connectivity index (χ0) is 24.9. The third-order valence-electron chi connectivity index (χ3n) is 6.60. The first-order valence-electron chi connectivity index (χ1n) is 12.1. The average molecular weight is 496 g/mol. The number of ether oxygens (including phenoxy) is 1. The van der Waals surface area contributed by atoms with E-state index in [1.54, 1.807) is 7.11 Å². The molecule has 0 bridgehead atoms. The summed E-state index contributed by atoms with van der Waals surface area (Å²) < 4.78 is 7.54. The van der Waals surface area contributed by atoms with E-state index >= 15 is 0 Å². The molecule has 2 aromatic heterocycles. The number of rotatable bonds is 10. The molecule has 2 heterocycles. The number of anilines is 1. The summed E-state index contributed by atoms with van der Waals surface area (Å²) in [6.07, 6.45) is 5.79. The molecule has 0 saturated heterocycles. The molecule has 186 valence electrons. The summed E-state index contributed by atoms with van der Waals surface area (Å²) in [6, 6.07) is 8.13. The predicted octanol–water partition coefficient (Wildman–Crippen LogP) is 5.53. The number of carbonyl (C=O) groups excluding carboxylic acids is 2. The second-order valence-corrected chi connectivity index (χ2v) is 9.98. The fraction of sp³-hybridized carbons (Fsp3) is 0.462. The first-order valence-corrected chi connectivity index (χ1v) is 13.1. The second-order valence-electron chi connectivity index (χ2n) is 9.04. The van der Waals surface area contributed by atoms with Crippen LogP contribution in [0.2, 0.25) is 0 Å². The van der Waals surface area contributed by atoms with Gasteiger partial charge in [0.1, 0.15) is 5.75 Å². The van der Waals surface area contributed by atoms with E-state index in [4.69, 9.17) is 4.74 Å². The summed E-state index contributed by atoms with van der Waals surface area (Å²) in [6.45, 7) is 5.71. The highest BCUT2D eigenvalue weighted by atomic mass is 32.2. The molecular weight excluding hydrogens is 462 g/mol. The highest BCUT2D eigenvalue weighted by Gasteiger charge is 2.25. The number of H-pyrrole nitrogens is 1. The molecule has 8 nitrogen and oxygen atoms in total. The predicted molar refractivity (Wildman–Crippen MR) is 138 cm³/mol. The number of Topliss-reactive ketones (excluding diaryl/α,β-unsaturated/α-hetero) is 2. The molecule has 0 spiro atoms. The number of aromatic amines is 1. The molecule has 3 aromatic rings. The number of hydrogen-bond donors (Lipinski definition) is 2. The maximum absolute atomic E-state index is 13.0. The van der Waals surface area contributed by atoms with Crippen LogP contribution in [0, 0.1) is 13.8 Å². The van der Waals surface area contributed by atoms with Crippen LogP contribution in [0.5, 0.6) is 5.75 Å². The van der Waals surface area contributed by atoms with Gasteiger partial charge in [0.25, 0.3) is 0 Å². The van der Waals surface area contributed by atoms with Crippen LogP contribution >= 0.6 is 11.8 Å². The third-order valence-corrected chi connectivity index (χ3v) is 7.54. The van der Waals surface area contributed by atoms with Crippen molar-refractivity contribution in [3.8, 4) is 5.75 Å². The topological polar surface area (TPSA) is 102 Å². The van der Waals surface area contributed by atoms with Crippen LogP contribution in [0.3, 0.4) is 0 Å². The van der Waals surface area contributed by atoms with Crippen molar-refractivity contribution in [1.82, 2.24) is 19.7 Å². The number of nitrogens with one attached hydrogen (secondary N) is 2. The van der Waals surface area contributed by atoms with Gasteiger partial charge in [-0.05, 0) is 51.3 Å². The zero-order valence-electron chi connectivity index (χ0n) is 20.8. The number of benzene rings is 1. The Labute approximate surface area is 210 Å². The van der Waals surface area contributed by atoms with Crippen molar-refractivity contribution in [2.75, 3.05) is 18.2 Å². The van der Waals surface area contributed by atoms with Gasteiger partial charge >= 0.3 is 0 Å². The Hall–Kier alpha value is -3.07. The lowest BCUT2D eigenvalue weighted by Gasteiger charge is -2.25. The highest BCUT2D eigenvalue weighted by molar-refractivity contribution is 7.99. The molecular formula is C26H33N5O3S. The van der Waals surface area contributed by atoms with E-state index in [0.29, 0.717) is 23.8 Å². The van der Waals surface area contributed by atoms with E-state index in [1.807, 2.05) is 38.1 Å². The summed E-state index contributed by atoms with van der Waals surface area (Å²) in [5.74, 6) is 1.80. The molecule has 1 aromatic carbocycles. The number of hydrogen-bond acceptors (Lipinski definition) is 7. The van der Waals surface area contributed by atoms with Crippen molar-refractivity contribution in [2.45, 2.75) is 70.6 Å². The smallest absolute Gasteiger partial charge is 0.191 e. The van der Waals surface area contributed by atoms with E-state index in [2.05, 4.69) is 25.1 Å². The van der Waals surface area contributed by atoms with E-state index in [9.17, 15) is 9.59 Å². The monoisotopic (exact) mass is 495 g/mol. The highest BCUT2D eigenvalue weighted by Crippen LogP contribution is 2.33. The normalized spacial score (nSPS) is 14.2. The molecule has 0 atom stereocenters. The Bertz CT molecular complexity index is 1210. The third kappa shape index (κ3) is 5.61. The van der Waals surface area contributed by atoms with Crippen LogP contribution in [0.1, 0.15) is 83.0 Å². The van der Waals surface area contributed by atoms with Gasteiger partial charge < -0.3 is 19.6 Å². The summed E-state index contributed by atoms with van der Waals surface area (Å²) in [4.78, 5) is 28.1. The van der Waals surface area contributed by atoms with Crippen LogP contribution in [0.15, 0.2) is 29.4 Å². The van der Waals surface area contributed by atoms with Crippen molar-refractivity contribution in [2.24, 2.45) is 0 Å². The van der Waals surface area contributed by atoms with Gasteiger partial charge in [-0.3, -0.25) is 9.59 Å². The van der Waals surface area contributed by atoms with E-state index in [-0.39, 0.29) is 17.3 Å². The quantitative estimate of drug-likeness (QED) is 0.282. The summed E-state index contributed by atoms with van der Waals surface area (Å²) in [5, 5.41) is 13.2. The number of nitrogens with zero attached hydrogens (tertiary/aromatic N) is 3. The van der Waals surface area contributed by atoms with E-state index in [0.717, 1.165) is 46.5 Å². The minimum absolute atomic E-state index is 0.0341. The van der Waals surface area contributed by atoms with Gasteiger partial charge in [0.2, 0.25) is 0 Å². The molecule has 0 amide bonds. The van der Waals surface area contributed by atoms with Gasteiger partial charge in [-0.1, -0.05) is 37.1 Å². The standard InChI is InChI=1S/C26H33N5O3S/c1-16-24(18(3)32)17(2)28-25(16)22(33)15-35-26-30-29-23(31(26)20-10-6-5-7-11-20)14-27-19-9-8-12-21(13-19)34-4/h8-9,12-13,20,27-28H,5-7,10-11,14-15H2,1-4H3. The maximum atomic E-state index is 13.0. The Balaban J connectivity index is 1.52. The molecule has 0 radical (unpaired) electrons. The van der Waals surface area contributed by atoms with E-state index in [1.165, 1.54) is 37.9 Å². The van der Waals surface area contributed by atoms with Gasteiger partial charge in [-0.15, -0.1) is 10.2 Å². The molecule has 1 fully saturated rings. The van der Waals surface area contributed by atoms with Gasteiger partial charge in [-0.2, -0.15) is 0 Å². The number of thioether (sulfide) groups is 1. The lowest BCUT2D eigenvalue weighted by atomic mass is 9.95. The lowest BCUT2D eigenvalue weighted by Crippen LogP contribution is -2.18. The molecule has 4 rings (SSSR count). The van der Waals surface area contributed by atoms with Crippen LogP contribution < -0.4 is 10.1 Å². The van der Waals surface area contributed by atoms with Gasteiger partial charge in [0, 0.05) is 29.1 Å². The molecule has 9 heteroatoms. The van der Waals surface area contributed by atoms with Crippen LogP contribution in [-0.2, 0) is 6.54 Å². The Kier molecular flexibility index (Phi) is 7.95. The fourth-order valence-corrected chi connectivity index (χ4v) is 5.80. The zero-order valence-corrected chi connectivity index (χ0v) is 21.6. The number of carbonyl (C=O) groups is 2. The van der Waals surface area contributed by atoms with Crippen LogP contribution in [-0.4, -0.2) is 44.2 Å². The summed E-state index contributed by atoms with van der Waals surface area (Å²) >= 11 is 1.41. The molecule has 1 saturated carbocycles. The van der Waals surface area contributed by atoms with E-state index < -0.39 is 0 Å². The van der Waals surface area contributed by atoms with Crippen molar-refractivity contribution in [3.05, 3.63) is 52.6 Å². The fourth-order valence-electron chi connectivity index (χ4n) is 4.91. The SMILES string of the molecule is COc1cccc(NCc2nnc(SCC(=O)c3[nH]c(C)c(C(C)=O)c3C)n2C2CCCCC2)c1. The Morgan fingerprint density at radius 1 is 1.20 bits per heavy atom. The Morgan fingerprint density at radius 3 is 2.66 bits per heavy atom. The van der Waals surface area contributed by atoms with Crippen LogP contribution in [0.4, 0.5) is 5.69 Å². The molecule has 0 unspecified atom stereocenters. The summed E-state index contributed by atoms with van der Waals surface area (Å²) in [7, 11) is 1.65. The van der Waals surface area contributed by atoms with Crippen molar-refractivity contribution in [1.29, 1.82) is 0 Å². The van der Waals surface area contributed by atoms with Crippen molar-refractivity contribution >= 4 is 29.0 Å². The van der Waals surface area contributed by atoms with Crippen molar-refractivity contribution < 1.29 is 14.3 Å². The number of ketones is 2. The lowest BCUT2D eigenvalue weighted by molar-refractivity contribution is 0.101. The first kappa shape index (κ1) is 25.0. The largest absolute Gasteiger partial charge is 0.497 e. The van der Waals surface area contributed by atoms with Crippen LogP contribution in [0.25, 0.3) is 0 Å². The number of methoxy groups -OCH3 is 1. The molecule has 1 aliphatic rings. The number of aromatic nitrogens is 4. The number of aryl methyl sites for hydroxylation is 1.